The molecular weight excluding hydrogens is 253 g/mol. The van der Waals surface area contributed by atoms with Crippen molar-refractivity contribution < 1.29 is 9.18 Å². The summed E-state index contributed by atoms with van der Waals surface area (Å²) in [6.45, 7) is 1.64. The lowest BCUT2D eigenvalue weighted by Gasteiger charge is -2.04. The highest BCUT2D eigenvalue weighted by molar-refractivity contribution is 6.10. The van der Waals surface area contributed by atoms with E-state index < -0.39 is 0 Å². The highest BCUT2D eigenvalue weighted by Gasteiger charge is 2.11. The third kappa shape index (κ3) is 2.18. The van der Waals surface area contributed by atoms with Gasteiger partial charge in [0.1, 0.15) is 5.82 Å². The van der Waals surface area contributed by atoms with Gasteiger partial charge in [-0.3, -0.25) is 9.78 Å². The summed E-state index contributed by atoms with van der Waals surface area (Å²) in [6.07, 6.45) is 1.56. The number of benzene rings is 2. The van der Waals surface area contributed by atoms with Gasteiger partial charge in [-0.25, -0.2) is 4.39 Å². The van der Waals surface area contributed by atoms with Crippen LogP contribution >= 0.6 is 0 Å². The second kappa shape index (κ2) is 4.85. The number of carbonyl (C=O) groups excluding carboxylic acids is 1. The Morgan fingerprint density at radius 3 is 2.65 bits per heavy atom. The van der Waals surface area contributed by atoms with Crippen LogP contribution in [-0.4, -0.2) is 10.8 Å². The molecule has 1 aromatic heterocycles. The molecule has 1 heterocycles. The molecule has 0 spiro atoms. The minimum Gasteiger partial charge on any atom is -0.289 e. The summed E-state index contributed by atoms with van der Waals surface area (Å²) < 4.78 is 13.2. The topological polar surface area (TPSA) is 30.0 Å². The summed E-state index contributed by atoms with van der Waals surface area (Å²) in [7, 11) is 0. The van der Waals surface area contributed by atoms with Gasteiger partial charge in [-0.05, 0) is 42.8 Å². The van der Waals surface area contributed by atoms with E-state index in [4.69, 9.17) is 0 Å². The van der Waals surface area contributed by atoms with Gasteiger partial charge < -0.3 is 0 Å². The molecule has 0 saturated heterocycles. The van der Waals surface area contributed by atoms with Crippen molar-refractivity contribution in [2.45, 2.75) is 6.92 Å². The Bertz CT molecular complexity index is 811. The number of halogens is 1. The van der Waals surface area contributed by atoms with Gasteiger partial charge in [-0.15, -0.1) is 0 Å². The first-order valence-corrected chi connectivity index (χ1v) is 6.31. The largest absolute Gasteiger partial charge is 0.289 e. The molecule has 3 heteroatoms. The third-order valence-corrected chi connectivity index (χ3v) is 3.27. The Morgan fingerprint density at radius 2 is 1.85 bits per heavy atom. The molecule has 98 valence electrons. The van der Waals surface area contributed by atoms with Crippen LogP contribution in [0.5, 0.6) is 0 Å². The Morgan fingerprint density at radius 1 is 1.05 bits per heavy atom. The number of ketones is 1. The van der Waals surface area contributed by atoms with Crippen LogP contribution in [0, 0.1) is 12.7 Å². The summed E-state index contributed by atoms with van der Waals surface area (Å²) >= 11 is 0. The van der Waals surface area contributed by atoms with Gasteiger partial charge in [0.25, 0.3) is 0 Å². The molecule has 3 rings (SSSR count). The lowest BCUT2D eigenvalue weighted by Crippen LogP contribution is -2.03. The van der Waals surface area contributed by atoms with E-state index in [0.717, 1.165) is 10.9 Å². The summed E-state index contributed by atoms with van der Waals surface area (Å²) in [5, 5.41) is 0.914. The predicted molar refractivity (Wildman–Crippen MR) is 76.3 cm³/mol. The first-order valence-electron chi connectivity index (χ1n) is 6.31. The van der Waals surface area contributed by atoms with Gasteiger partial charge >= 0.3 is 0 Å². The standard InChI is InChI=1S/C17H12FNO/c1-11-8-13(6-7-15(11)18)17(20)14-9-12-4-2-3-5-16(12)19-10-14/h2-10H,1H3. The van der Waals surface area contributed by atoms with Crippen LogP contribution in [0.2, 0.25) is 0 Å². The van der Waals surface area contributed by atoms with Gasteiger partial charge in [-0.2, -0.15) is 0 Å². The van der Waals surface area contributed by atoms with E-state index >= 15 is 0 Å². The second-order valence-electron chi connectivity index (χ2n) is 4.71. The van der Waals surface area contributed by atoms with Crippen LogP contribution in [-0.2, 0) is 0 Å². The molecule has 0 aliphatic heterocycles. The van der Waals surface area contributed by atoms with Crippen molar-refractivity contribution in [3.63, 3.8) is 0 Å². The van der Waals surface area contributed by atoms with E-state index in [1.54, 1.807) is 19.2 Å². The third-order valence-electron chi connectivity index (χ3n) is 3.27. The first-order chi connectivity index (χ1) is 9.65. The zero-order valence-corrected chi connectivity index (χ0v) is 10.9. The molecule has 2 nitrogen and oxygen atoms in total. The molecule has 0 amide bonds. The van der Waals surface area contributed by atoms with Crippen LogP contribution in [0.1, 0.15) is 21.5 Å². The summed E-state index contributed by atoms with van der Waals surface area (Å²) in [5.74, 6) is -0.454. The average molecular weight is 265 g/mol. The van der Waals surface area contributed by atoms with Crippen LogP contribution in [0.15, 0.2) is 54.7 Å². The lowest BCUT2D eigenvalue weighted by molar-refractivity contribution is 0.103. The number of nitrogens with zero attached hydrogens (tertiary/aromatic N) is 1. The fourth-order valence-corrected chi connectivity index (χ4v) is 2.15. The number of aromatic nitrogens is 1. The van der Waals surface area contributed by atoms with Crippen molar-refractivity contribution in [2.24, 2.45) is 0 Å². The summed E-state index contributed by atoms with van der Waals surface area (Å²) in [6, 6.07) is 13.8. The molecular formula is C17H12FNO. The van der Waals surface area contributed by atoms with Crippen LogP contribution in [0.25, 0.3) is 10.9 Å². The van der Waals surface area contributed by atoms with Gasteiger partial charge in [0.15, 0.2) is 5.78 Å². The zero-order valence-electron chi connectivity index (χ0n) is 10.9. The number of carbonyl (C=O) groups is 1. The Balaban J connectivity index is 2.05. The van der Waals surface area contributed by atoms with E-state index in [9.17, 15) is 9.18 Å². The maximum atomic E-state index is 13.2. The fourth-order valence-electron chi connectivity index (χ4n) is 2.15. The molecule has 20 heavy (non-hydrogen) atoms. The number of fused-ring (bicyclic) bond motifs is 1. The first kappa shape index (κ1) is 12.5. The second-order valence-corrected chi connectivity index (χ2v) is 4.71. The summed E-state index contributed by atoms with van der Waals surface area (Å²) in [5.41, 5.74) is 2.29. The normalized spacial score (nSPS) is 10.7. The number of hydrogen-bond acceptors (Lipinski definition) is 2. The van der Waals surface area contributed by atoms with Crippen molar-refractivity contribution in [3.05, 3.63) is 77.2 Å². The quantitative estimate of drug-likeness (QED) is 0.657. The smallest absolute Gasteiger partial charge is 0.194 e. The predicted octanol–water partition coefficient (Wildman–Crippen LogP) is 3.91. The molecule has 0 radical (unpaired) electrons. The molecule has 0 aliphatic carbocycles. The molecule has 0 N–H and O–H groups in total. The monoisotopic (exact) mass is 265 g/mol. The van der Waals surface area contributed by atoms with E-state index in [-0.39, 0.29) is 11.6 Å². The Kier molecular flexibility index (Phi) is 3.03. The maximum Gasteiger partial charge on any atom is 0.194 e. The van der Waals surface area contributed by atoms with E-state index in [1.807, 2.05) is 30.3 Å². The molecule has 0 aliphatic rings. The molecule has 3 aromatic rings. The average Bonchev–Trinajstić information content (AvgIpc) is 2.49. The van der Waals surface area contributed by atoms with Crippen molar-refractivity contribution in [3.8, 4) is 0 Å². The maximum absolute atomic E-state index is 13.2. The van der Waals surface area contributed by atoms with Crippen LogP contribution < -0.4 is 0 Å². The zero-order chi connectivity index (χ0) is 14.1. The number of rotatable bonds is 2. The van der Waals surface area contributed by atoms with Gasteiger partial charge in [0.2, 0.25) is 0 Å². The van der Waals surface area contributed by atoms with Crippen molar-refractivity contribution >= 4 is 16.7 Å². The molecule has 0 unspecified atom stereocenters. The molecule has 0 saturated carbocycles. The molecule has 0 atom stereocenters. The van der Waals surface area contributed by atoms with Crippen LogP contribution in [0.3, 0.4) is 0 Å². The highest BCUT2D eigenvalue weighted by atomic mass is 19.1. The lowest BCUT2D eigenvalue weighted by atomic mass is 10.0. The fraction of sp³-hybridized carbons (Fsp3) is 0.0588. The van der Waals surface area contributed by atoms with Gasteiger partial charge in [-0.1, -0.05) is 18.2 Å². The van der Waals surface area contributed by atoms with Crippen molar-refractivity contribution in [1.29, 1.82) is 0 Å². The highest BCUT2D eigenvalue weighted by Crippen LogP contribution is 2.17. The number of hydrogen-bond donors (Lipinski definition) is 0. The van der Waals surface area contributed by atoms with Crippen molar-refractivity contribution in [1.82, 2.24) is 4.98 Å². The summed E-state index contributed by atoms with van der Waals surface area (Å²) in [4.78, 5) is 16.7. The number of pyridine rings is 1. The Labute approximate surface area is 115 Å². The number of para-hydroxylation sites is 1. The van der Waals surface area contributed by atoms with E-state index in [0.29, 0.717) is 16.7 Å². The van der Waals surface area contributed by atoms with E-state index in [2.05, 4.69) is 4.98 Å². The minimum atomic E-state index is -0.307. The Hall–Kier alpha value is -2.55. The molecule has 2 aromatic carbocycles. The van der Waals surface area contributed by atoms with Crippen LogP contribution in [0.4, 0.5) is 4.39 Å². The molecule has 0 bridgehead atoms. The van der Waals surface area contributed by atoms with Gasteiger partial charge in [0.05, 0.1) is 5.52 Å². The number of aryl methyl sites for hydroxylation is 1. The van der Waals surface area contributed by atoms with E-state index in [1.165, 1.54) is 12.1 Å². The van der Waals surface area contributed by atoms with Crippen molar-refractivity contribution in [2.75, 3.05) is 0 Å². The SMILES string of the molecule is Cc1cc(C(=O)c2cnc3ccccc3c2)ccc1F. The van der Waals surface area contributed by atoms with Gasteiger partial charge in [0, 0.05) is 22.7 Å². The minimum absolute atomic E-state index is 0.147. The molecule has 0 fully saturated rings.